The Morgan fingerprint density at radius 3 is 2.49 bits per heavy atom. The molecule has 0 amide bonds. The Kier molecular flexibility index (Phi) is 4.91. The predicted octanol–water partition coefficient (Wildman–Crippen LogP) is 2.86. The van der Waals surface area contributed by atoms with Crippen molar-refractivity contribution in [3.63, 3.8) is 0 Å². The number of phenolic OH excluding ortho intramolecular Hbond substituents is 2. The average molecular weight is 536 g/mol. The van der Waals surface area contributed by atoms with E-state index in [0.29, 0.717) is 28.0 Å². The van der Waals surface area contributed by atoms with Crippen LogP contribution in [-0.2, 0) is 18.2 Å². The highest BCUT2D eigenvalue weighted by Gasteiger charge is 2.42. The van der Waals surface area contributed by atoms with Gasteiger partial charge in [-0.05, 0) is 25.8 Å². The quantitative estimate of drug-likeness (QED) is 0.285. The van der Waals surface area contributed by atoms with E-state index in [1.54, 1.807) is 20.0 Å². The van der Waals surface area contributed by atoms with Crippen LogP contribution < -0.4 is 20.5 Å². The molecule has 3 heterocycles. The van der Waals surface area contributed by atoms with Crippen LogP contribution in [0.25, 0.3) is 32.9 Å². The zero-order chi connectivity index (χ0) is 27.5. The number of ether oxygens (including phenoxy) is 3. The second-order valence-corrected chi connectivity index (χ2v) is 10.3. The maximum absolute atomic E-state index is 13.7. The molecule has 2 aliphatic carbocycles. The number of fused-ring (bicyclic) bond motifs is 6. The van der Waals surface area contributed by atoms with E-state index < -0.39 is 35.0 Å². The average Bonchev–Trinajstić information content (AvgIpc) is 2.91. The highest BCUT2D eigenvalue weighted by Crippen LogP contribution is 2.59. The van der Waals surface area contributed by atoms with Gasteiger partial charge in [0.25, 0.3) is 5.56 Å². The molecule has 202 valence electrons. The van der Waals surface area contributed by atoms with Gasteiger partial charge in [-0.25, -0.2) is 0 Å². The topological polar surface area (TPSA) is 161 Å². The fourth-order valence-corrected chi connectivity index (χ4v) is 6.35. The number of aliphatic hydroxyl groups excluding tert-OH is 2. The lowest BCUT2D eigenvalue weighted by Gasteiger charge is -2.35. The van der Waals surface area contributed by atoms with Crippen LogP contribution in [0.3, 0.4) is 0 Å². The van der Waals surface area contributed by atoms with E-state index in [-0.39, 0.29) is 76.4 Å². The first kappa shape index (κ1) is 24.0. The summed E-state index contributed by atoms with van der Waals surface area (Å²) in [6.07, 6.45) is -2.41. The van der Waals surface area contributed by atoms with Crippen molar-refractivity contribution >= 4 is 21.7 Å². The zero-order valence-electron chi connectivity index (χ0n) is 21.3. The summed E-state index contributed by atoms with van der Waals surface area (Å²) < 4.78 is 24.9. The number of aryl methyl sites for hydroxylation is 1. The number of hydrogen-bond donors (Lipinski definition) is 4. The van der Waals surface area contributed by atoms with Crippen molar-refractivity contribution in [2.45, 2.75) is 44.5 Å². The molecule has 0 fully saturated rings. The Bertz CT molecular complexity index is 1890. The van der Waals surface area contributed by atoms with Crippen molar-refractivity contribution in [2.75, 3.05) is 13.9 Å². The molecule has 0 unspecified atom stereocenters. The number of pyridine rings is 1. The summed E-state index contributed by atoms with van der Waals surface area (Å²) in [6, 6.07) is 1.75. The van der Waals surface area contributed by atoms with Crippen LogP contribution in [0.5, 0.6) is 23.0 Å². The van der Waals surface area contributed by atoms with Crippen molar-refractivity contribution in [1.82, 2.24) is 4.57 Å². The molecule has 0 saturated heterocycles. The van der Waals surface area contributed by atoms with Gasteiger partial charge in [-0.15, -0.1) is 0 Å². The molecule has 2 aromatic heterocycles. The van der Waals surface area contributed by atoms with Gasteiger partial charge >= 0.3 is 0 Å². The van der Waals surface area contributed by atoms with E-state index >= 15 is 0 Å². The van der Waals surface area contributed by atoms with Gasteiger partial charge in [0, 0.05) is 46.8 Å². The minimum absolute atomic E-state index is 0.000154. The van der Waals surface area contributed by atoms with Crippen molar-refractivity contribution in [3.8, 4) is 34.1 Å². The third-order valence-electron chi connectivity index (χ3n) is 8.32. The predicted molar refractivity (Wildman–Crippen MR) is 137 cm³/mol. The maximum atomic E-state index is 13.7. The lowest BCUT2D eigenvalue weighted by atomic mass is 9.78. The molecule has 3 aliphatic rings. The summed E-state index contributed by atoms with van der Waals surface area (Å²) in [5.41, 5.74) is 0.276. The third kappa shape index (κ3) is 2.92. The third-order valence-corrected chi connectivity index (χ3v) is 8.32. The van der Waals surface area contributed by atoms with E-state index in [1.165, 1.54) is 11.7 Å². The number of aliphatic hydroxyl groups is 2. The largest absolute Gasteiger partial charge is 0.506 e. The molecule has 0 radical (unpaired) electrons. The smallest absolute Gasteiger partial charge is 0.262 e. The molecule has 4 aromatic rings. The standard InChI is InChI=1S/C28H25NO10/c1-9-6-10-16(28(35)29(9)2)22(33)19-15-11(7-14-18(19)24(10)38-8-37-14)25(36-3)27-20(21(15)32)23(34)17-12(30)4-5-13(31)26(17)39-27/h6,12-14,30-33H,4-5,7-8H2,1-3H3/t12-,13+,14-/m1/s1. The van der Waals surface area contributed by atoms with Crippen LogP contribution >= 0.6 is 0 Å². The lowest BCUT2D eigenvalue weighted by molar-refractivity contribution is -0.0587. The Morgan fingerprint density at radius 2 is 1.74 bits per heavy atom. The van der Waals surface area contributed by atoms with E-state index in [9.17, 15) is 30.0 Å². The summed E-state index contributed by atoms with van der Waals surface area (Å²) in [7, 11) is 2.96. The summed E-state index contributed by atoms with van der Waals surface area (Å²) in [4.78, 5) is 27.1. The van der Waals surface area contributed by atoms with E-state index in [1.807, 2.05) is 0 Å². The second kappa shape index (κ2) is 7.98. The van der Waals surface area contributed by atoms with Crippen LogP contribution in [-0.4, -0.2) is 38.9 Å². The Balaban J connectivity index is 1.69. The fraction of sp³-hybridized carbons (Fsp3) is 0.357. The van der Waals surface area contributed by atoms with Crippen molar-refractivity contribution < 1.29 is 39.1 Å². The van der Waals surface area contributed by atoms with Gasteiger partial charge in [-0.1, -0.05) is 0 Å². The number of nitrogens with zero attached hydrogens (tertiary/aromatic N) is 1. The number of methoxy groups -OCH3 is 1. The Hall–Kier alpha value is -4.06. The van der Waals surface area contributed by atoms with Crippen molar-refractivity contribution in [2.24, 2.45) is 7.05 Å². The lowest BCUT2D eigenvalue weighted by Crippen LogP contribution is -2.27. The maximum Gasteiger partial charge on any atom is 0.262 e. The minimum Gasteiger partial charge on any atom is -0.506 e. The van der Waals surface area contributed by atoms with Crippen LogP contribution in [0.15, 0.2) is 20.1 Å². The molecule has 0 saturated carbocycles. The molecule has 2 aromatic carbocycles. The van der Waals surface area contributed by atoms with Crippen molar-refractivity contribution in [1.29, 1.82) is 0 Å². The van der Waals surface area contributed by atoms with E-state index in [2.05, 4.69) is 0 Å². The van der Waals surface area contributed by atoms with Gasteiger partial charge in [0.15, 0.2) is 18.1 Å². The van der Waals surface area contributed by atoms with Gasteiger partial charge in [0.2, 0.25) is 5.43 Å². The monoisotopic (exact) mass is 535 g/mol. The number of benzene rings is 2. The van der Waals surface area contributed by atoms with Crippen LogP contribution in [0.2, 0.25) is 0 Å². The number of aromatic nitrogens is 1. The van der Waals surface area contributed by atoms with Crippen LogP contribution in [0, 0.1) is 6.92 Å². The van der Waals surface area contributed by atoms with Gasteiger partial charge in [0.1, 0.15) is 34.5 Å². The zero-order valence-corrected chi connectivity index (χ0v) is 21.3. The molecule has 39 heavy (non-hydrogen) atoms. The molecular formula is C28H25NO10. The van der Waals surface area contributed by atoms with Gasteiger partial charge in [0.05, 0.1) is 30.3 Å². The highest BCUT2D eigenvalue weighted by atomic mass is 16.7. The van der Waals surface area contributed by atoms with Gasteiger partial charge in [-0.2, -0.15) is 0 Å². The van der Waals surface area contributed by atoms with Gasteiger partial charge < -0.3 is 43.6 Å². The Labute approximate surface area is 220 Å². The summed E-state index contributed by atoms with van der Waals surface area (Å²) in [6.45, 7) is 1.67. The number of hydrogen-bond acceptors (Lipinski definition) is 10. The van der Waals surface area contributed by atoms with Crippen molar-refractivity contribution in [3.05, 3.63) is 54.8 Å². The second-order valence-electron chi connectivity index (χ2n) is 10.3. The first-order chi connectivity index (χ1) is 18.6. The molecule has 1 aliphatic heterocycles. The van der Waals surface area contributed by atoms with E-state index in [4.69, 9.17) is 18.6 Å². The van der Waals surface area contributed by atoms with Gasteiger partial charge in [-0.3, -0.25) is 9.59 Å². The molecule has 11 heteroatoms. The Morgan fingerprint density at radius 1 is 1.03 bits per heavy atom. The van der Waals surface area contributed by atoms with E-state index in [0.717, 1.165) is 0 Å². The normalized spacial score (nSPS) is 21.3. The first-order valence-corrected chi connectivity index (χ1v) is 12.6. The highest BCUT2D eigenvalue weighted by molar-refractivity contribution is 6.07. The number of aromatic hydroxyl groups is 2. The summed E-state index contributed by atoms with van der Waals surface area (Å²) in [5.74, 6) is -0.496. The molecular weight excluding hydrogens is 510 g/mol. The molecule has 7 rings (SSSR count). The van der Waals surface area contributed by atoms with Crippen LogP contribution in [0.4, 0.5) is 0 Å². The summed E-state index contributed by atoms with van der Waals surface area (Å²) >= 11 is 0. The minimum atomic E-state index is -1.19. The number of phenols is 2. The SMILES string of the molecule is COc1c2c(c(O)c3c(=O)c4c(oc13)[C@@H](O)CC[C@H]4O)-c1c3c(c4cc(C)n(C)c(=O)c4c1O)OCO[C@@H]3C2. The van der Waals surface area contributed by atoms with Crippen LogP contribution in [0.1, 0.15) is 59.3 Å². The molecule has 0 bridgehead atoms. The fourth-order valence-electron chi connectivity index (χ4n) is 6.35. The molecule has 11 nitrogen and oxygen atoms in total. The molecule has 3 atom stereocenters. The summed E-state index contributed by atoms with van der Waals surface area (Å²) in [5, 5.41) is 44.6. The molecule has 4 N–H and O–H groups in total. The first-order valence-electron chi connectivity index (χ1n) is 12.6. The number of rotatable bonds is 1. The molecule has 0 spiro atoms.